The van der Waals surface area contributed by atoms with Crippen molar-refractivity contribution >= 4 is 46.5 Å². The number of carbonyl (C=O) groups excluding carboxylic acids is 1. The maximum atomic E-state index is 13.6. The summed E-state index contributed by atoms with van der Waals surface area (Å²) in [6.07, 6.45) is 0.802. The molecule has 2 aromatic rings. The number of amides is 1. The second-order valence-electron chi connectivity index (χ2n) is 5.25. The van der Waals surface area contributed by atoms with Crippen molar-refractivity contribution in [3.8, 4) is 0 Å². The summed E-state index contributed by atoms with van der Waals surface area (Å²) < 4.78 is 13.6. The number of benzene rings is 1. The minimum absolute atomic E-state index is 0. The summed E-state index contributed by atoms with van der Waals surface area (Å²) in [5.74, 6) is 1.71. The molecule has 0 aliphatic carbocycles. The summed E-state index contributed by atoms with van der Waals surface area (Å²) in [6, 6.07) is 6.80. The van der Waals surface area contributed by atoms with Crippen LogP contribution in [0.15, 0.2) is 24.3 Å². The van der Waals surface area contributed by atoms with Crippen molar-refractivity contribution in [3.63, 3.8) is 0 Å². The van der Waals surface area contributed by atoms with Gasteiger partial charge in [0.2, 0.25) is 11.0 Å². The SMILES string of the molecule is Cl.O=C(CC1CSCCN1)Nc1nnc(Cc2ccccc2F)s1. The van der Waals surface area contributed by atoms with E-state index in [1.54, 1.807) is 18.2 Å². The Hall–Kier alpha value is -1.22. The zero-order valence-corrected chi connectivity index (χ0v) is 15.3. The van der Waals surface area contributed by atoms with Gasteiger partial charge < -0.3 is 10.6 Å². The van der Waals surface area contributed by atoms with Gasteiger partial charge in [0.1, 0.15) is 10.8 Å². The molecule has 1 aliphatic rings. The van der Waals surface area contributed by atoms with E-state index in [0.717, 1.165) is 18.1 Å². The van der Waals surface area contributed by atoms with Crippen LogP contribution < -0.4 is 10.6 Å². The molecule has 2 N–H and O–H groups in total. The van der Waals surface area contributed by atoms with Gasteiger partial charge in [0.05, 0.1) is 0 Å². The number of hydrogen-bond donors (Lipinski definition) is 2. The molecule has 1 aromatic carbocycles. The van der Waals surface area contributed by atoms with Gasteiger partial charge in [-0.1, -0.05) is 29.5 Å². The van der Waals surface area contributed by atoms with Crippen molar-refractivity contribution in [2.24, 2.45) is 0 Å². The number of nitrogens with zero attached hydrogens (tertiary/aromatic N) is 2. The van der Waals surface area contributed by atoms with Gasteiger partial charge in [-0.25, -0.2) is 4.39 Å². The molecule has 0 radical (unpaired) electrons. The quantitative estimate of drug-likeness (QED) is 0.824. The summed E-state index contributed by atoms with van der Waals surface area (Å²) >= 11 is 3.13. The second-order valence-corrected chi connectivity index (χ2v) is 7.46. The third-order valence-corrected chi connectivity index (χ3v) is 5.41. The number of nitrogens with one attached hydrogen (secondary N) is 2. The first kappa shape index (κ1) is 19.1. The van der Waals surface area contributed by atoms with Gasteiger partial charge in [0.15, 0.2) is 0 Å². The molecule has 1 aromatic heterocycles. The van der Waals surface area contributed by atoms with Crippen LogP contribution in [0.2, 0.25) is 0 Å². The van der Waals surface area contributed by atoms with Gasteiger partial charge in [-0.3, -0.25) is 4.79 Å². The van der Waals surface area contributed by atoms with E-state index in [4.69, 9.17) is 0 Å². The summed E-state index contributed by atoms with van der Waals surface area (Å²) in [4.78, 5) is 12.0. The molecular formula is C15H18ClFN4OS2. The van der Waals surface area contributed by atoms with Crippen LogP contribution in [0.1, 0.15) is 17.0 Å². The lowest BCUT2D eigenvalue weighted by Gasteiger charge is -2.22. The average Bonchev–Trinajstić information content (AvgIpc) is 2.97. The smallest absolute Gasteiger partial charge is 0.227 e. The maximum Gasteiger partial charge on any atom is 0.227 e. The molecule has 1 fully saturated rings. The lowest BCUT2D eigenvalue weighted by Crippen LogP contribution is -2.39. The summed E-state index contributed by atoms with van der Waals surface area (Å²) in [6.45, 7) is 0.939. The Morgan fingerprint density at radius 3 is 2.96 bits per heavy atom. The van der Waals surface area contributed by atoms with Crippen molar-refractivity contribution < 1.29 is 9.18 Å². The number of hydrogen-bond acceptors (Lipinski definition) is 6. The molecule has 1 atom stereocenters. The van der Waals surface area contributed by atoms with Crippen molar-refractivity contribution in [3.05, 3.63) is 40.7 Å². The summed E-state index contributed by atoms with van der Waals surface area (Å²) in [7, 11) is 0. The lowest BCUT2D eigenvalue weighted by atomic mass is 10.1. The fraction of sp³-hybridized carbons (Fsp3) is 0.400. The molecule has 0 saturated carbocycles. The van der Waals surface area contributed by atoms with Gasteiger partial charge >= 0.3 is 0 Å². The Labute approximate surface area is 154 Å². The van der Waals surface area contributed by atoms with Crippen molar-refractivity contribution in [1.82, 2.24) is 15.5 Å². The molecule has 1 saturated heterocycles. The molecule has 1 aliphatic heterocycles. The van der Waals surface area contributed by atoms with Crippen LogP contribution in [-0.4, -0.2) is 40.2 Å². The highest BCUT2D eigenvalue weighted by Crippen LogP contribution is 2.20. The Morgan fingerprint density at radius 2 is 2.21 bits per heavy atom. The molecule has 2 heterocycles. The Bertz CT molecular complexity index is 679. The molecule has 0 spiro atoms. The highest BCUT2D eigenvalue weighted by molar-refractivity contribution is 7.99. The molecule has 5 nitrogen and oxygen atoms in total. The molecule has 130 valence electrons. The van der Waals surface area contributed by atoms with E-state index < -0.39 is 0 Å². The fourth-order valence-electron chi connectivity index (χ4n) is 2.33. The number of anilines is 1. The molecule has 1 unspecified atom stereocenters. The first-order valence-electron chi connectivity index (χ1n) is 7.37. The highest BCUT2D eigenvalue weighted by Gasteiger charge is 2.18. The monoisotopic (exact) mass is 388 g/mol. The zero-order valence-electron chi connectivity index (χ0n) is 12.8. The number of thioether (sulfide) groups is 1. The standard InChI is InChI=1S/C15H17FN4OS2.ClH/c16-12-4-2-1-3-10(12)7-14-19-20-15(23-14)18-13(21)8-11-9-22-6-5-17-11;/h1-4,11,17H,5-9H2,(H,18,20,21);1H. The first-order chi connectivity index (χ1) is 11.2. The van der Waals surface area contributed by atoms with E-state index in [9.17, 15) is 9.18 Å². The molecule has 3 rings (SSSR count). The normalized spacial score (nSPS) is 17.1. The number of aromatic nitrogens is 2. The molecule has 9 heteroatoms. The van der Waals surface area contributed by atoms with E-state index in [-0.39, 0.29) is 30.2 Å². The molecule has 1 amide bonds. The van der Waals surface area contributed by atoms with E-state index in [2.05, 4.69) is 20.8 Å². The largest absolute Gasteiger partial charge is 0.312 e. The predicted molar refractivity (Wildman–Crippen MR) is 98.7 cm³/mol. The van der Waals surface area contributed by atoms with Crippen molar-refractivity contribution in [1.29, 1.82) is 0 Å². The van der Waals surface area contributed by atoms with Crippen molar-refractivity contribution in [2.45, 2.75) is 18.9 Å². The highest BCUT2D eigenvalue weighted by atomic mass is 35.5. The van der Waals surface area contributed by atoms with E-state index >= 15 is 0 Å². The first-order valence-corrected chi connectivity index (χ1v) is 9.34. The summed E-state index contributed by atoms with van der Waals surface area (Å²) in [5, 5.41) is 15.2. The minimum atomic E-state index is -0.255. The molecule has 24 heavy (non-hydrogen) atoms. The van der Waals surface area contributed by atoms with Gasteiger partial charge in [0.25, 0.3) is 0 Å². The third-order valence-electron chi connectivity index (χ3n) is 3.44. The third kappa shape index (κ3) is 5.41. The van der Waals surface area contributed by atoms with E-state index in [1.165, 1.54) is 17.4 Å². The van der Waals surface area contributed by atoms with Crippen LogP contribution in [0.5, 0.6) is 0 Å². The van der Waals surface area contributed by atoms with Gasteiger partial charge in [-0.15, -0.1) is 22.6 Å². The van der Waals surface area contributed by atoms with Crippen LogP contribution in [-0.2, 0) is 11.2 Å². The van der Waals surface area contributed by atoms with Crippen LogP contribution in [0, 0.1) is 5.82 Å². The van der Waals surface area contributed by atoms with Crippen LogP contribution in [0.4, 0.5) is 9.52 Å². The average molecular weight is 389 g/mol. The maximum absolute atomic E-state index is 13.6. The van der Waals surface area contributed by atoms with E-state index in [1.807, 2.05) is 11.8 Å². The summed E-state index contributed by atoms with van der Waals surface area (Å²) in [5.41, 5.74) is 0.574. The zero-order chi connectivity index (χ0) is 16.1. The topological polar surface area (TPSA) is 66.9 Å². The Balaban J connectivity index is 0.00000208. The molecular weight excluding hydrogens is 371 g/mol. The van der Waals surface area contributed by atoms with Gasteiger partial charge in [-0.2, -0.15) is 11.8 Å². The number of halogens is 2. The Morgan fingerprint density at radius 1 is 1.38 bits per heavy atom. The van der Waals surface area contributed by atoms with Gasteiger partial charge in [-0.05, 0) is 11.6 Å². The Kier molecular flexibility index (Phi) is 7.41. The second kappa shape index (κ2) is 9.31. The number of rotatable bonds is 5. The van der Waals surface area contributed by atoms with Crippen LogP contribution in [0.25, 0.3) is 0 Å². The van der Waals surface area contributed by atoms with Crippen molar-refractivity contribution in [2.75, 3.05) is 23.4 Å². The predicted octanol–water partition coefficient (Wildman–Crippen LogP) is 2.72. The number of carbonyl (C=O) groups is 1. The molecule has 0 bridgehead atoms. The van der Waals surface area contributed by atoms with Crippen LogP contribution in [0.3, 0.4) is 0 Å². The minimum Gasteiger partial charge on any atom is -0.312 e. The van der Waals surface area contributed by atoms with Crippen LogP contribution >= 0.6 is 35.5 Å². The van der Waals surface area contributed by atoms with E-state index in [0.29, 0.717) is 28.5 Å². The van der Waals surface area contributed by atoms with Gasteiger partial charge in [0, 0.05) is 36.9 Å². The fourth-order valence-corrected chi connectivity index (χ4v) is 4.05. The lowest BCUT2D eigenvalue weighted by molar-refractivity contribution is -0.116.